The fourth-order valence-corrected chi connectivity index (χ4v) is 1.14. The van der Waals surface area contributed by atoms with Crippen LogP contribution < -0.4 is 5.32 Å². The Morgan fingerprint density at radius 1 is 1.57 bits per heavy atom. The number of aliphatic hydroxyl groups is 1. The van der Waals surface area contributed by atoms with E-state index in [1.165, 1.54) is 0 Å². The molecule has 1 atom stereocenters. The van der Waals surface area contributed by atoms with Crippen molar-refractivity contribution < 1.29 is 9.63 Å². The van der Waals surface area contributed by atoms with Gasteiger partial charge in [-0.25, -0.2) is 0 Å². The predicted octanol–water partition coefficient (Wildman–Crippen LogP) is 0.629. The van der Waals surface area contributed by atoms with Crippen LogP contribution in [0.3, 0.4) is 0 Å². The molecule has 0 spiro atoms. The van der Waals surface area contributed by atoms with Gasteiger partial charge < -0.3 is 14.9 Å². The summed E-state index contributed by atoms with van der Waals surface area (Å²) < 4.78 is 4.82. The van der Waals surface area contributed by atoms with Gasteiger partial charge in [0.1, 0.15) is 0 Å². The van der Waals surface area contributed by atoms with Crippen LogP contribution in [0.25, 0.3) is 0 Å². The zero-order chi connectivity index (χ0) is 10.4. The average Bonchev–Trinajstić information content (AvgIpc) is 2.50. The van der Waals surface area contributed by atoms with Crippen molar-refractivity contribution in [3.63, 3.8) is 0 Å². The highest BCUT2D eigenvalue weighted by molar-refractivity contribution is 4.82. The molecule has 1 aromatic rings. The third kappa shape index (κ3) is 4.34. The largest absolute Gasteiger partial charge is 0.393 e. The van der Waals surface area contributed by atoms with Crippen LogP contribution in [0.5, 0.6) is 0 Å². The lowest BCUT2D eigenvalue weighted by Gasteiger charge is -2.03. The SMILES string of the molecule is Cc1nc(CNCCCC(C)O)no1. The molecule has 1 unspecified atom stereocenters. The maximum Gasteiger partial charge on any atom is 0.223 e. The van der Waals surface area contributed by atoms with Gasteiger partial charge in [0, 0.05) is 6.92 Å². The second-order valence-electron chi connectivity index (χ2n) is 3.40. The summed E-state index contributed by atoms with van der Waals surface area (Å²) in [5.74, 6) is 1.27. The van der Waals surface area contributed by atoms with Gasteiger partial charge in [0.15, 0.2) is 5.82 Å². The number of hydrogen-bond acceptors (Lipinski definition) is 5. The van der Waals surface area contributed by atoms with E-state index >= 15 is 0 Å². The van der Waals surface area contributed by atoms with Crippen molar-refractivity contribution >= 4 is 0 Å². The van der Waals surface area contributed by atoms with Crippen LogP contribution >= 0.6 is 0 Å². The number of nitrogens with zero attached hydrogens (tertiary/aromatic N) is 2. The van der Waals surface area contributed by atoms with Crippen LogP contribution in [0.4, 0.5) is 0 Å². The van der Waals surface area contributed by atoms with Gasteiger partial charge in [-0.15, -0.1) is 0 Å². The molecule has 0 aromatic carbocycles. The molecular formula is C9H17N3O2. The van der Waals surface area contributed by atoms with Crippen molar-refractivity contribution in [3.8, 4) is 0 Å². The smallest absolute Gasteiger partial charge is 0.223 e. The quantitative estimate of drug-likeness (QED) is 0.657. The Bertz CT molecular complexity index is 260. The van der Waals surface area contributed by atoms with E-state index in [0.29, 0.717) is 18.3 Å². The highest BCUT2D eigenvalue weighted by atomic mass is 16.5. The van der Waals surface area contributed by atoms with E-state index in [2.05, 4.69) is 15.5 Å². The fourth-order valence-electron chi connectivity index (χ4n) is 1.14. The van der Waals surface area contributed by atoms with Crippen LogP contribution in [-0.4, -0.2) is 27.9 Å². The predicted molar refractivity (Wildman–Crippen MR) is 51.7 cm³/mol. The topological polar surface area (TPSA) is 71.2 Å². The van der Waals surface area contributed by atoms with Crippen molar-refractivity contribution in [1.82, 2.24) is 15.5 Å². The number of hydrogen-bond donors (Lipinski definition) is 2. The highest BCUT2D eigenvalue weighted by Crippen LogP contribution is 1.96. The molecule has 0 fully saturated rings. The van der Waals surface area contributed by atoms with Gasteiger partial charge >= 0.3 is 0 Å². The Morgan fingerprint density at radius 3 is 2.93 bits per heavy atom. The first-order chi connectivity index (χ1) is 6.68. The normalized spacial score (nSPS) is 13.1. The van der Waals surface area contributed by atoms with Gasteiger partial charge in [-0.2, -0.15) is 4.98 Å². The van der Waals surface area contributed by atoms with Crippen LogP contribution in [0, 0.1) is 6.92 Å². The molecule has 0 bridgehead atoms. The summed E-state index contributed by atoms with van der Waals surface area (Å²) >= 11 is 0. The summed E-state index contributed by atoms with van der Waals surface area (Å²) in [6.07, 6.45) is 1.55. The molecule has 1 rings (SSSR count). The van der Waals surface area contributed by atoms with Crippen molar-refractivity contribution in [3.05, 3.63) is 11.7 Å². The lowest BCUT2D eigenvalue weighted by atomic mass is 10.2. The Hall–Kier alpha value is -0.940. The number of aliphatic hydroxyl groups excluding tert-OH is 1. The summed E-state index contributed by atoms with van der Waals surface area (Å²) in [4.78, 5) is 4.05. The zero-order valence-electron chi connectivity index (χ0n) is 8.66. The lowest BCUT2D eigenvalue weighted by Crippen LogP contribution is -2.17. The molecule has 0 saturated heterocycles. The number of rotatable bonds is 6. The van der Waals surface area contributed by atoms with Gasteiger partial charge in [0.25, 0.3) is 0 Å². The Kier molecular flexibility index (Phi) is 4.55. The van der Waals surface area contributed by atoms with E-state index in [9.17, 15) is 0 Å². The fraction of sp³-hybridized carbons (Fsp3) is 0.778. The van der Waals surface area contributed by atoms with Crippen molar-refractivity contribution in [2.75, 3.05) is 6.54 Å². The summed E-state index contributed by atoms with van der Waals surface area (Å²) in [6, 6.07) is 0. The third-order valence-electron chi connectivity index (χ3n) is 1.83. The molecule has 0 aliphatic carbocycles. The van der Waals surface area contributed by atoms with E-state index in [4.69, 9.17) is 9.63 Å². The molecule has 80 valence electrons. The van der Waals surface area contributed by atoms with Crippen LogP contribution in [-0.2, 0) is 6.54 Å². The van der Waals surface area contributed by atoms with E-state index in [-0.39, 0.29) is 6.10 Å². The molecular weight excluding hydrogens is 182 g/mol. The standard InChI is InChI=1S/C9H17N3O2/c1-7(13)4-3-5-10-6-9-11-8(2)14-12-9/h7,10,13H,3-6H2,1-2H3. The van der Waals surface area contributed by atoms with E-state index in [1.54, 1.807) is 13.8 Å². The molecule has 5 heteroatoms. The molecule has 5 nitrogen and oxygen atoms in total. The third-order valence-corrected chi connectivity index (χ3v) is 1.83. The lowest BCUT2D eigenvalue weighted by molar-refractivity contribution is 0.181. The van der Waals surface area contributed by atoms with Crippen LogP contribution in [0.15, 0.2) is 4.52 Å². The minimum atomic E-state index is -0.218. The molecule has 0 aliphatic heterocycles. The molecule has 1 aromatic heterocycles. The Labute approximate surface area is 83.5 Å². The van der Waals surface area contributed by atoms with Gasteiger partial charge in [0.05, 0.1) is 12.6 Å². The zero-order valence-corrected chi connectivity index (χ0v) is 8.66. The first kappa shape index (κ1) is 11.1. The highest BCUT2D eigenvalue weighted by Gasteiger charge is 2.00. The summed E-state index contributed by atoms with van der Waals surface area (Å²) in [7, 11) is 0. The monoisotopic (exact) mass is 199 g/mol. The van der Waals surface area contributed by atoms with Gasteiger partial charge in [-0.3, -0.25) is 0 Å². The second-order valence-corrected chi connectivity index (χ2v) is 3.40. The summed E-state index contributed by atoms with van der Waals surface area (Å²) in [5.41, 5.74) is 0. The minimum Gasteiger partial charge on any atom is -0.393 e. The Morgan fingerprint density at radius 2 is 2.36 bits per heavy atom. The van der Waals surface area contributed by atoms with Gasteiger partial charge in [-0.1, -0.05) is 5.16 Å². The van der Waals surface area contributed by atoms with Crippen molar-refractivity contribution in [2.24, 2.45) is 0 Å². The van der Waals surface area contributed by atoms with Crippen molar-refractivity contribution in [1.29, 1.82) is 0 Å². The number of nitrogens with one attached hydrogen (secondary N) is 1. The number of aromatic nitrogens is 2. The molecule has 0 radical (unpaired) electrons. The molecule has 14 heavy (non-hydrogen) atoms. The first-order valence-corrected chi connectivity index (χ1v) is 4.86. The van der Waals surface area contributed by atoms with Crippen LogP contribution in [0.1, 0.15) is 31.5 Å². The van der Waals surface area contributed by atoms with E-state index in [0.717, 1.165) is 19.4 Å². The number of aryl methyl sites for hydroxylation is 1. The first-order valence-electron chi connectivity index (χ1n) is 4.86. The second kappa shape index (κ2) is 5.72. The van der Waals surface area contributed by atoms with Crippen molar-refractivity contribution in [2.45, 2.75) is 39.3 Å². The van der Waals surface area contributed by atoms with Gasteiger partial charge in [0.2, 0.25) is 5.89 Å². The van der Waals surface area contributed by atoms with E-state index < -0.39 is 0 Å². The molecule has 0 amide bonds. The molecule has 2 N–H and O–H groups in total. The van der Waals surface area contributed by atoms with Crippen LogP contribution in [0.2, 0.25) is 0 Å². The maximum atomic E-state index is 9.00. The molecule has 1 heterocycles. The summed E-state index contributed by atoms with van der Waals surface area (Å²) in [5, 5.41) is 15.9. The Balaban J connectivity index is 2.04. The molecule has 0 aliphatic rings. The minimum absolute atomic E-state index is 0.218. The summed E-state index contributed by atoms with van der Waals surface area (Å²) in [6.45, 7) is 5.04. The molecule has 0 saturated carbocycles. The van der Waals surface area contributed by atoms with E-state index in [1.807, 2.05) is 0 Å². The van der Waals surface area contributed by atoms with Gasteiger partial charge in [-0.05, 0) is 26.3 Å². The maximum absolute atomic E-state index is 9.00. The average molecular weight is 199 g/mol.